The Hall–Kier alpha value is -2.21. The molecular formula is C14H18N4O2. The van der Waals surface area contributed by atoms with Gasteiger partial charge in [-0.1, -0.05) is 0 Å². The molecule has 0 unspecified atom stereocenters. The molecule has 20 heavy (non-hydrogen) atoms. The summed E-state index contributed by atoms with van der Waals surface area (Å²) in [6, 6.07) is 3.95. The van der Waals surface area contributed by atoms with E-state index in [2.05, 4.69) is 10.3 Å². The Bertz CT molecular complexity index is 703. The number of nitrogens with one attached hydrogen (secondary N) is 1. The Morgan fingerprint density at radius 3 is 2.55 bits per heavy atom. The Kier molecular flexibility index (Phi) is 4.14. The number of aryl methyl sites for hydroxylation is 1. The second-order valence-electron chi connectivity index (χ2n) is 4.80. The van der Waals surface area contributed by atoms with Crippen LogP contribution in [-0.4, -0.2) is 14.1 Å². The van der Waals surface area contributed by atoms with E-state index in [1.807, 2.05) is 19.1 Å². The van der Waals surface area contributed by atoms with E-state index >= 15 is 0 Å². The van der Waals surface area contributed by atoms with Crippen LogP contribution < -0.4 is 16.6 Å². The van der Waals surface area contributed by atoms with E-state index in [4.69, 9.17) is 0 Å². The highest BCUT2D eigenvalue weighted by Crippen LogP contribution is 2.10. The molecule has 1 atom stereocenters. The highest BCUT2D eigenvalue weighted by Gasteiger charge is 2.09. The highest BCUT2D eigenvalue weighted by atomic mass is 16.2. The molecule has 0 amide bonds. The van der Waals surface area contributed by atoms with E-state index in [1.54, 1.807) is 25.6 Å². The third-order valence-corrected chi connectivity index (χ3v) is 3.32. The summed E-state index contributed by atoms with van der Waals surface area (Å²) in [4.78, 5) is 27.6. The van der Waals surface area contributed by atoms with Crippen molar-refractivity contribution in [3.05, 3.63) is 62.7 Å². The molecule has 0 aliphatic heterocycles. The minimum atomic E-state index is -0.319. The molecule has 0 aliphatic carbocycles. The van der Waals surface area contributed by atoms with Crippen molar-refractivity contribution in [2.24, 2.45) is 14.1 Å². The van der Waals surface area contributed by atoms with Crippen LogP contribution >= 0.6 is 0 Å². The summed E-state index contributed by atoms with van der Waals surface area (Å²) < 4.78 is 2.53. The van der Waals surface area contributed by atoms with Crippen molar-refractivity contribution in [3.63, 3.8) is 0 Å². The third-order valence-electron chi connectivity index (χ3n) is 3.32. The van der Waals surface area contributed by atoms with E-state index in [-0.39, 0.29) is 17.3 Å². The molecule has 0 aliphatic rings. The largest absolute Gasteiger partial charge is 0.330 e. The van der Waals surface area contributed by atoms with E-state index in [9.17, 15) is 9.59 Å². The predicted octanol–water partition coefficient (Wildman–Crippen LogP) is 0.330. The fourth-order valence-electron chi connectivity index (χ4n) is 2.04. The van der Waals surface area contributed by atoms with Gasteiger partial charge in [0.25, 0.3) is 5.56 Å². The van der Waals surface area contributed by atoms with Gasteiger partial charge in [-0.05, 0) is 24.6 Å². The first kappa shape index (κ1) is 14.2. The maximum Gasteiger partial charge on any atom is 0.330 e. The van der Waals surface area contributed by atoms with Crippen molar-refractivity contribution < 1.29 is 0 Å². The molecule has 6 nitrogen and oxygen atoms in total. The third kappa shape index (κ3) is 2.85. The second kappa shape index (κ2) is 5.83. The minimum absolute atomic E-state index is 0.0972. The summed E-state index contributed by atoms with van der Waals surface area (Å²) >= 11 is 0. The minimum Gasteiger partial charge on any atom is -0.306 e. The molecule has 2 aromatic rings. The number of hydrogen-bond acceptors (Lipinski definition) is 4. The van der Waals surface area contributed by atoms with Gasteiger partial charge in [-0.15, -0.1) is 0 Å². The summed E-state index contributed by atoms with van der Waals surface area (Å²) in [5.41, 5.74) is 1.08. The van der Waals surface area contributed by atoms with E-state index in [0.717, 1.165) is 10.1 Å². The molecule has 0 fully saturated rings. The number of nitrogens with zero attached hydrogens (tertiary/aromatic N) is 3. The van der Waals surface area contributed by atoms with Crippen LogP contribution in [0.25, 0.3) is 0 Å². The molecule has 2 rings (SSSR count). The lowest BCUT2D eigenvalue weighted by Gasteiger charge is -2.14. The molecule has 0 spiro atoms. The first-order chi connectivity index (χ1) is 9.50. The van der Waals surface area contributed by atoms with Gasteiger partial charge in [-0.25, -0.2) is 4.79 Å². The molecule has 1 N–H and O–H groups in total. The first-order valence-electron chi connectivity index (χ1n) is 6.39. The monoisotopic (exact) mass is 274 g/mol. The van der Waals surface area contributed by atoms with E-state index in [1.165, 1.54) is 11.6 Å². The van der Waals surface area contributed by atoms with Crippen molar-refractivity contribution in [1.29, 1.82) is 0 Å². The molecule has 0 radical (unpaired) electrons. The van der Waals surface area contributed by atoms with E-state index < -0.39 is 0 Å². The Balaban J connectivity index is 2.16. The van der Waals surface area contributed by atoms with Crippen molar-refractivity contribution in [1.82, 2.24) is 19.4 Å². The molecular weight excluding hydrogens is 256 g/mol. The number of rotatable bonds is 4. The summed E-state index contributed by atoms with van der Waals surface area (Å²) in [5, 5.41) is 3.27. The van der Waals surface area contributed by atoms with E-state index in [0.29, 0.717) is 12.1 Å². The van der Waals surface area contributed by atoms with Gasteiger partial charge in [-0.2, -0.15) is 0 Å². The van der Waals surface area contributed by atoms with Gasteiger partial charge < -0.3 is 9.88 Å². The average molecular weight is 274 g/mol. The molecule has 0 saturated carbocycles. The fraction of sp³-hybridized carbons (Fsp3) is 0.357. The van der Waals surface area contributed by atoms with Crippen LogP contribution in [0.15, 0.2) is 40.3 Å². The lowest BCUT2D eigenvalue weighted by molar-refractivity contribution is 0.558. The number of pyridine rings is 1. The van der Waals surface area contributed by atoms with Crippen molar-refractivity contribution in [2.45, 2.75) is 19.5 Å². The number of hydrogen-bond donors (Lipinski definition) is 1. The van der Waals surface area contributed by atoms with Crippen LogP contribution in [0.5, 0.6) is 0 Å². The smallest absolute Gasteiger partial charge is 0.306 e. The molecule has 0 aromatic carbocycles. The Labute approximate surface area is 116 Å². The molecule has 106 valence electrons. The van der Waals surface area contributed by atoms with Crippen molar-refractivity contribution in [2.75, 3.05) is 0 Å². The van der Waals surface area contributed by atoms with Crippen LogP contribution in [0.3, 0.4) is 0 Å². The summed E-state index contributed by atoms with van der Waals surface area (Å²) in [6.07, 6.45) is 5.05. The lowest BCUT2D eigenvalue weighted by atomic mass is 10.1. The van der Waals surface area contributed by atoms with Gasteiger partial charge in [0.1, 0.15) is 0 Å². The first-order valence-corrected chi connectivity index (χ1v) is 6.39. The maximum atomic E-state index is 12.0. The van der Waals surface area contributed by atoms with Crippen LogP contribution in [0.4, 0.5) is 0 Å². The average Bonchev–Trinajstić information content (AvgIpc) is 2.48. The summed E-state index contributed by atoms with van der Waals surface area (Å²) in [5.74, 6) is 0. The van der Waals surface area contributed by atoms with Crippen LogP contribution in [-0.2, 0) is 20.6 Å². The quantitative estimate of drug-likeness (QED) is 0.872. The lowest BCUT2D eigenvalue weighted by Crippen LogP contribution is -2.39. The zero-order valence-corrected chi connectivity index (χ0v) is 11.8. The zero-order chi connectivity index (χ0) is 14.7. The van der Waals surface area contributed by atoms with Crippen LogP contribution in [0.2, 0.25) is 0 Å². The van der Waals surface area contributed by atoms with Crippen LogP contribution in [0.1, 0.15) is 24.1 Å². The molecule has 2 aromatic heterocycles. The Morgan fingerprint density at radius 2 is 1.90 bits per heavy atom. The second-order valence-corrected chi connectivity index (χ2v) is 4.80. The molecule has 2 heterocycles. The van der Waals surface area contributed by atoms with Gasteiger partial charge in [0.15, 0.2) is 0 Å². The normalized spacial score (nSPS) is 12.3. The van der Waals surface area contributed by atoms with Crippen LogP contribution in [0, 0.1) is 0 Å². The summed E-state index contributed by atoms with van der Waals surface area (Å²) in [6.45, 7) is 2.42. The fourth-order valence-corrected chi connectivity index (χ4v) is 2.04. The van der Waals surface area contributed by atoms with Crippen molar-refractivity contribution >= 4 is 0 Å². The number of aromatic nitrogens is 3. The summed E-state index contributed by atoms with van der Waals surface area (Å²) in [7, 11) is 3.12. The molecule has 0 saturated heterocycles. The maximum absolute atomic E-state index is 12.0. The SMILES string of the molecule is C[C@H](NCc1cn(C)c(=O)n(C)c1=O)c1ccncc1. The Morgan fingerprint density at radius 1 is 1.25 bits per heavy atom. The van der Waals surface area contributed by atoms with Gasteiger partial charge in [0.05, 0.1) is 0 Å². The highest BCUT2D eigenvalue weighted by molar-refractivity contribution is 5.14. The topological polar surface area (TPSA) is 68.9 Å². The molecule has 6 heteroatoms. The van der Waals surface area contributed by atoms with Gasteiger partial charge in [0, 0.05) is 50.8 Å². The zero-order valence-electron chi connectivity index (χ0n) is 11.8. The molecule has 0 bridgehead atoms. The van der Waals surface area contributed by atoms with Crippen molar-refractivity contribution in [3.8, 4) is 0 Å². The predicted molar refractivity (Wildman–Crippen MR) is 76.4 cm³/mol. The van der Waals surface area contributed by atoms with Gasteiger partial charge >= 0.3 is 5.69 Å². The van der Waals surface area contributed by atoms with Gasteiger partial charge in [-0.3, -0.25) is 14.3 Å². The van der Waals surface area contributed by atoms with Gasteiger partial charge in [0.2, 0.25) is 0 Å². The standard InChI is InChI=1S/C14H18N4O2/c1-10(11-4-6-15-7-5-11)16-8-12-9-17(2)14(20)18(3)13(12)19/h4-7,9-10,16H,8H2,1-3H3/t10-/m0/s1.